The molecule has 0 spiro atoms. The number of methoxy groups -OCH3 is 1. The quantitative estimate of drug-likeness (QED) is 0.900. The van der Waals surface area contributed by atoms with Gasteiger partial charge in [0.1, 0.15) is 0 Å². The van der Waals surface area contributed by atoms with Gasteiger partial charge in [-0.2, -0.15) is 0 Å². The SMILES string of the molecule is CNC(c1cccnc1)c1ccc(F)c(OC)c1. The Balaban J connectivity index is 2.39. The molecule has 0 saturated carbocycles. The molecule has 0 aliphatic carbocycles. The van der Waals surface area contributed by atoms with E-state index >= 15 is 0 Å². The van der Waals surface area contributed by atoms with Crippen LogP contribution in [0.25, 0.3) is 0 Å². The first-order valence-electron chi connectivity index (χ1n) is 5.67. The van der Waals surface area contributed by atoms with Crippen molar-refractivity contribution in [2.24, 2.45) is 0 Å². The molecule has 0 aliphatic rings. The monoisotopic (exact) mass is 246 g/mol. The normalized spacial score (nSPS) is 12.2. The maximum Gasteiger partial charge on any atom is 0.165 e. The first-order chi connectivity index (χ1) is 8.76. The second-order valence-corrected chi connectivity index (χ2v) is 3.90. The molecule has 1 N–H and O–H groups in total. The van der Waals surface area contributed by atoms with E-state index < -0.39 is 0 Å². The Morgan fingerprint density at radius 3 is 2.72 bits per heavy atom. The van der Waals surface area contributed by atoms with Crippen LogP contribution in [0.1, 0.15) is 17.2 Å². The number of benzene rings is 1. The summed E-state index contributed by atoms with van der Waals surface area (Å²) in [6.45, 7) is 0. The standard InChI is InChI=1S/C14H15FN2O/c1-16-14(11-4-3-7-17-9-11)10-5-6-12(15)13(8-10)18-2/h3-9,14,16H,1-2H3. The zero-order valence-corrected chi connectivity index (χ0v) is 10.4. The van der Waals surface area contributed by atoms with Crippen LogP contribution in [-0.4, -0.2) is 19.1 Å². The number of rotatable bonds is 4. The smallest absolute Gasteiger partial charge is 0.165 e. The van der Waals surface area contributed by atoms with E-state index in [4.69, 9.17) is 4.74 Å². The fraction of sp³-hybridized carbons (Fsp3) is 0.214. The van der Waals surface area contributed by atoms with Crippen LogP contribution in [-0.2, 0) is 0 Å². The van der Waals surface area contributed by atoms with E-state index in [9.17, 15) is 4.39 Å². The molecule has 0 aliphatic heterocycles. The molecule has 0 amide bonds. The molecular weight excluding hydrogens is 231 g/mol. The highest BCUT2D eigenvalue weighted by atomic mass is 19.1. The summed E-state index contributed by atoms with van der Waals surface area (Å²) in [7, 11) is 3.31. The molecule has 1 aromatic carbocycles. The molecular formula is C14H15FN2O. The van der Waals surface area contributed by atoms with Gasteiger partial charge in [0, 0.05) is 12.4 Å². The highest BCUT2D eigenvalue weighted by Gasteiger charge is 2.14. The van der Waals surface area contributed by atoms with E-state index in [2.05, 4.69) is 10.3 Å². The molecule has 1 aromatic heterocycles. The summed E-state index contributed by atoms with van der Waals surface area (Å²) in [5.74, 6) is -0.112. The lowest BCUT2D eigenvalue weighted by Crippen LogP contribution is -2.17. The molecule has 18 heavy (non-hydrogen) atoms. The van der Waals surface area contributed by atoms with Crippen molar-refractivity contribution in [3.63, 3.8) is 0 Å². The maximum atomic E-state index is 13.4. The number of hydrogen-bond acceptors (Lipinski definition) is 3. The topological polar surface area (TPSA) is 34.2 Å². The van der Waals surface area contributed by atoms with Crippen molar-refractivity contribution in [3.8, 4) is 5.75 Å². The second kappa shape index (κ2) is 5.60. The van der Waals surface area contributed by atoms with E-state index in [1.54, 1.807) is 24.5 Å². The summed E-state index contributed by atoms with van der Waals surface area (Å²) < 4.78 is 18.4. The summed E-state index contributed by atoms with van der Waals surface area (Å²) in [6, 6.07) is 8.67. The van der Waals surface area contributed by atoms with Gasteiger partial charge in [0.05, 0.1) is 13.2 Å². The van der Waals surface area contributed by atoms with Crippen molar-refractivity contribution in [2.45, 2.75) is 6.04 Å². The van der Waals surface area contributed by atoms with Gasteiger partial charge in [0.2, 0.25) is 0 Å². The summed E-state index contributed by atoms with van der Waals surface area (Å²) in [6.07, 6.45) is 3.51. The number of aromatic nitrogens is 1. The van der Waals surface area contributed by atoms with Crippen LogP contribution in [0, 0.1) is 5.82 Å². The van der Waals surface area contributed by atoms with E-state index in [1.165, 1.54) is 13.2 Å². The molecule has 1 heterocycles. The Morgan fingerprint density at radius 1 is 1.28 bits per heavy atom. The van der Waals surface area contributed by atoms with E-state index in [0.717, 1.165) is 11.1 Å². The van der Waals surface area contributed by atoms with Gasteiger partial charge in [-0.05, 0) is 36.4 Å². The third-order valence-corrected chi connectivity index (χ3v) is 2.81. The first kappa shape index (κ1) is 12.5. The third kappa shape index (κ3) is 2.49. The summed E-state index contributed by atoms with van der Waals surface area (Å²) >= 11 is 0. The lowest BCUT2D eigenvalue weighted by Gasteiger charge is -2.17. The zero-order valence-electron chi connectivity index (χ0n) is 10.4. The van der Waals surface area contributed by atoms with Gasteiger partial charge in [0.15, 0.2) is 11.6 Å². The molecule has 0 radical (unpaired) electrons. The van der Waals surface area contributed by atoms with Crippen LogP contribution in [0.5, 0.6) is 5.75 Å². The Bertz CT molecular complexity index is 516. The number of nitrogens with zero attached hydrogens (tertiary/aromatic N) is 1. The van der Waals surface area contributed by atoms with Crippen LogP contribution in [0.3, 0.4) is 0 Å². The molecule has 4 heteroatoms. The Morgan fingerprint density at radius 2 is 2.11 bits per heavy atom. The Hall–Kier alpha value is -1.94. The number of nitrogens with one attached hydrogen (secondary N) is 1. The average molecular weight is 246 g/mol. The maximum absolute atomic E-state index is 13.4. The molecule has 94 valence electrons. The van der Waals surface area contributed by atoms with Gasteiger partial charge >= 0.3 is 0 Å². The first-order valence-corrected chi connectivity index (χ1v) is 5.67. The van der Waals surface area contributed by atoms with E-state index in [1.807, 2.05) is 19.2 Å². The van der Waals surface area contributed by atoms with Gasteiger partial charge in [0.25, 0.3) is 0 Å². The average Bonchev–Trinajstić information content (AvgIpc) is 2.42. The van der Waals surface area contributed by atoms with Gasteiger partial charge < -0.3 is 10.1 Å². The van der Waals surface area contributed by atoms with Gasteiger partial charge in [-0.15, -0.1) is 0 Å². The molecule has 0 fully saturated rings. The van der Waals surface area contributed by atoms with Crippen molar-refractivity contribution in [1.29, 1.82) is 0 Å². The zero-order chi connectivity index (χ0) is 13.0. The third-order valence-electron chi connectivity index (χ3n) is 2.81. The van der Waals surface area contributed by atoms with Crippen molar-refractivity contribution in [1.82, 2.24) is 10.3 Å². The minimum absolute atomic E-state index is 0.0341. The molecule has 1 atom stereocenters. The fourth-order valence-corrected chi connectivity index (χ4v) is 1.93. The van der Waals surface area contributed by atoms with Crippen molar-refractivity contribution < 1.29 is 9.13 Å². The summed E-state index contributed by atoms with van der Waals surface area (Å²) in [5.41, 5.74) is 1.96. The largest absolute Gasteiger partial charge is 0.494 e. The molecule has 2 rings (SSSR count). The van der Waals surface area contributed by atoms with Crippen LogP contribution < -0.4 is 10.1 Å². The number of pyridine rings is 1. The summed E-state index contributed by atoms with van der Waals surface area (Å²) in [4.78, 5) is 4.09. The molecule has 0 saturated heterocycles. The molecule has 3 nitrogen and oxygen atoms in total. The Labute approximate surface area is 106 Å². The minimum Gasteiger partial charge on any atom is -0.494 e. The molecule has 1 unspecified atom stereocenters. The van der Waals surface area contributed by atoms with Crippen LogP contribution >= 0.6 is 0 Å². The van der Waals surface area contributed by atoms with Crippen LogP contribution in [0.15, 0.2) is 42.7 Å². The van der Waals surface area contributed by atoms with Crippen molar-refractivity contribution in [2.75, 3.05) is 14.2 Å². The lowest BCUT2D eigenvalue weighted by atomic mass is 10.00. The van der Waals surface area contributed by atoms with E-state index in [0.29, 0.717) is 0 Å². The molecule has 0 bridgehead atoms. The second-order valence-electron chi connectivity index (χ2n) is 3.90. The van der Waals surface area contributed by atoms with Crippen molar-refractivity contribution in [3.05, 3.63) is 59.7 Å². The highest BCUT2D eigenvalue weighted by Crippen LogP contribution is 2.26. The van der Waals surface area contributed by atoms with Crippen molar-refractivity contribution >= 4 is 0 Å². The predicted molar refractivity (Wildman–Crippen MR) is 68.1 cm³/mol. The van der Waals surface area contributed by atoms with Crippen LogP contribution in [0.4, 0.5) is 4.39 Å². The summed E-state index contributed by atoms with van der Waals surface area (Å²) in [5, 5.41) is 3.19. The lowest BCUT2D eigenvalue weighted by molar-refractivity contribution is 0.385. The Kier molecular flexibility index (Phi) is 3.89. The van der Waals surface area contributed by atoms with Gasteiger partial charge in [-0.25, -0.2) is 4.39 Å². The van der Waals surface area contributed by atoms with Crippen LogP contribution in [0.2, 0.25) is 0 Å². The minimum atomic E-state index is -0.359. The highest BCUT2D eigenvalue weighted by molar-refractivity contribution is 5.36. The number of hydrogen-bond donors (Lipinski definition) is 1. The molecule has 2 aromatic rings. The predicted octanol–water partition coefficient (Wildman–Crippen LogP) is 2.54. The number of halogens is 1. The van der Waals surface area contributed by atoms with E-state index in [-0.39, 0.29) is 17.6 Å². The van der Waals surface area contributed by atoms with Gasteiger partial charge in [-0.3, -0.25) is 4.98 Å². The number of ether oxygens (including phenoxy) is 1. The van der Waals surface area contributed by atoms with Gasteiger partial charge in [-0.1, -0.05) is 12.1 Å². The fourth-order valence-electron chi connectivity index (χ4n) is 1.93.